The molecule has 1 atom stereocenters. The fourth-order valence-corrected chi connectivity index (χ4v) is 4.89. The number of fused-ring (bicyclic) bond motifs is 1. The van der Waals surface area contributed by atoms with E-state index >= 15 is 0 Å². The highest BCUT2D eigenvalue weighted by atomic mass is 32.2. The summed E-state index contributed by atoms with van der Waals surface area (Å²) in [7, 11) is 0. The molecule has 7 heteroatoms. The van der Waals surface area contributed by atoms with Crippen molar-refractivity contribution < 1.29 is 9.59 Å². The Labute approximate surface area is 175 Å². The maximum atomic E-state index is 12.6. The van der Waals surface area contributed by atoms with Crippen LogP contribution in [0.4, 0.5) is 11.5 Å². The summed E-state index contributed by atoms with van der Waals surface area (Å²) in [6, 6.07) is 13.9. The molecular formula is C22H26N4O2S. The predicted octanol–water partition coefficient (Wildman–Crippen LogP) is 2.81. The van der Waals surface area contributed by atoms with Crippen molar-refractivity contribution in [2.75, 3.05) is 42.1 Å². The van der Waals surface area contributed by atoms with Crippen molar-refractivity contribution >= 4 is 35.1 Å². The van der Waals surface area contributed by atoms with Gasteiger partial charge in [-0.1, -0.05) is 24.3 Å². The van der Waals surface area contributed by atoms with Gasteiger partial charge in [0, 0.05) is 50.2 Å². The molecule has 0 aliphatic carbocycles. The number of carbonyl (C=O) groups is 2. The van der Waals surface area contributed by atoms with E-state index in [0.29, 0.717) is 12.2 Å². The molecule has 0 radical (unpaired) electrons. The molecule has 6 nitrogen and oxygen atoms in total. The van der Waals surface area contributed by atoms with Crippen LogP contribution in [0.25, 0.3) is 0 Å². The molecule has 0 spiro atoms. The molecule has 0 bridgehead atoms. The Hall–Kier alpha value is -2.54. The zero-order valence-electron chi connectivity index (χ0n) is 16.4. The van der Waals surface area contributed by atoms with Crippen LogP contribution >= 0.6 is 11.8 Å². The fourth-order valence-electron chi connectivity index (χ4n) is 3.82. The van der Waals surface area contributed by atoms with Crippen LogP contribution in [-0.2, 0) is 16.0 Å². The Kier molecular flexibility index (Phi) is 6.34. The van der Waals surface area contributed by atoms with E-state index in [9.17, 15) is 9.59 Å². The first-order valence-corrected chi connectivity index (χ1v) is 11.2. The smallest absolute Gasteiger partial charge is 0.237 e. The first-order chi connectivity index (χ1) is 14.2. The quantitative estimate of drug-likeness (QED) is 0.821. The third-order valence-electron chi connectivity index (χ3n) is 5.48. The molecule has 0 unspecified atom stereocenters. The van der Waals surface area contributed by atoms with Gasteiger partial charge in [-0.25, -0.2) is 4.98 Å². The number of anilines is 2. The summed E-state index contributed by atoms with van der Waals surface area (Å²) in [6.45, 7) is 3.05. The molecule has 1 fully saturated rings. The van der Waals surface area contributed by atoms with Crippen molar-refractivity contribution in [3.05, 3.63) is 54.2 Å². The molecule has 1 aromatic carbocycles. The SMILES string of the molecule is O=C1Nc2ccccc2CC[C@@H]1SCCC(=O)N1CCN(c2ccccn2)CC1. The summed E-state index contributed by atoms with van der Waals surface area (Å²) in [4.78, 5) is 33.6. The number of piperazine rings is 1. The number of thioether (sulfide) groups is 1. The third-order valence-corrected chi connectivity index (χ3v) is 6.78. The number of nitrogens with one attached hydrogen (secondary N) is 1. The van der Waals surface area contributed by atoms with Crippen LogP contribution in [0.15, 0.2) is 48.7 Å². The lowest BCUT2D eigenvalue weighted by atomic mass is 10.1. The van der Waals surface area contributed by atoms with Gasteiger partial charge in [0.25, 0.3) is 0 Å². The highest BCUT2D eigenvalue weighted by molar-refractivity contribution is 8.00. The summed E-state index contributed by atoms with van der Waals surface area (Å²) in [5, 5.41) is 2.93. The van der Waals surface area contributed by atoms with E-state index in [1.165, 1.54) is 5.56 Å². The molecule has 3 heterocycles. The maximum absolute atomic E-state index is 12.6. The van der Waals surface area contributed by atoms with Gasteiger partial charge in [-0.2, -0.15) is 0 Å². The van der Waals surface area contributed by atoms with Crippen LogP contribution < -0.4 is 10.2 Å². The van der Waals surface area contributed by atoms with Crippen molar-refractivity contribution in [3.8, 4) is 0 Å². The highest BCUT2D eigenvalue weighted by Gasteiger charge is 2.25. The fraction of sp³-hybridized carbons (Fsp3) is 0.409. The number of carbonyl (C=O) groups excluding carboxylic acids is 2. The summed E-state index contributed by atoms with van der Waals surface area (Å²) >= 11 is 1.60. The van der Waals surface area contributed by atoms with E-state index in [1.807, 2.05) is 41.3 Å². The molecule has 152 valence electrons. The normalized spacial score (nSPS) is 19.3. The standard InChI is InChI=1S/C22H26N4O2S/c27-21(26-14-12-25(13-15-26)20-7-3-4-11-23-20)10-16-29-19-9-8-17-5-1-2-6-18(17)24-22(19)28/h1-7,11,19H,8-10,12-16H2,(H,24,28)/t19-/m0/s1. The Morgan fingerprint density at radius 2 is 1.90 bits per heavy atom. The average Bonchev–Trinajstić information content (AvgIpc) is 2.93. The van der Waals surface area contributed by atoms with Crippen LogP contribution in [0.3, 0.4) is 0 Å². The Bertz CT molecular complexity index is 853. The van der Waals surface area contributed by atoms with E-state index in [4.69, 9.17) is 0 Å². The summed E-state index contributed by atoms with van der Waals surface area (Å²) in [5.41, 5.74) is 2.10. The Morgan fingerprint density at radius 1 is 1.10 bits per heavy atom. The highest BCUT2D eigenvalue weighted by Crippen LogP contribution is 2.27. The number of para-hydroxylation sites is 1. The van der Waals surface area contributed by atoms with Crippen LogP contribution in [0.5, 0.6) is 0 Å². The molecule has 1 saturated heterocycles. The minimum Gasteiger partial charge on any atom is -0.353 e. The number of nitrogens with zero attached hydrogens (tertiary/aromatic N) is 3. The minimum absolute atomic E-state index is 0.0522. The number of rotatable bonds is 5. The number of aromatic nitrogens is 1. The summed E-state index contributed by atoms with van der Waals surface area (Å²) in [6.07, 6.45) is 3.97. The lowest BCUT2D eigenvalue weighted by Crippen LogP contribution is -2.49. The van der Waals surface area contributed by atoms with Gasteiger partial charge in [0.15, 0.2) is 0 Å². The molecule has 4 rings (SSSR count). The maximum Gasteiger partial charge on any atom is 0.237 e. The monoisotopic (exact) mass is 410 g/mol. The van der Waals surface area contributed by atoms with E-state index in [-0.39, 0.29) is 17.1 Å². The predicted molar refractivity (Wildman–Crippen MR) is 117 cm³/mol. The van der Waals surface area contributed by atoms with Crippen molar-refractivity contribution in [1.82, 2.24) is 9.88 Å². The lowest BCUT2D eigenvalue weighted by molar-refractivity contribution is -0.131. The number of benzene rings is 1. The van der Waals surface area contributed by atoms with E-state index in [0.717, 1.165) is 50.5 Å². The Balaban J connectivity index is 1.21. The second-order valence-electron chi connectivity index (χ2n) is 7.35. The molecule has 2 aliphatic heterocycles. The average molecular weight is 411 g/mol. The molecular weight excluding hydrogens is 384 g/mol. The number of aryl methyl sites for hydroxylation is 1. The van der Waals surface area contributed by atoms with Crippen LogP contribution in [0.2, 0.25) is 0 Å². The van der Waals surface area contributed by atoms with Crippen LogP contribution in [0.1, 0.15) is 18.4 Å². The van der Waals surface area contributed by atoms with Crippen LogP contribution in [0, 0.1) is 0 Å². The van der Waals surface area contributed by atoms with Gasteiger partial charge in [-0.15, -0.1) is 11.8 Å². The second kappa shape index (κ2) is 9.31. The molecule has 1 N–H and O–H groups in total. The van der Waals surface area contributed by atoms with Gasteiger partial charge in [0.1, 0.15) is 5.82 Å². The van der Waals surface area contributed by atoms with Gasteiger partial charge in [0.05, 0.1) is 5.25 Å². The third kappa shape index (κ3) is 4.90. The Morgan fingerprint density at radius 3 is 2.69 bits per heavy atom. The molecule has 1 aromatic heterocycles. The molecule has 0 saturated carbocycles. The molecule has 29 heavy (non-hydrogen) atoms. The minimum atomic E-state index is -0.101. The van der Waals surface area contributed by atoms with Gasteiger partial charge in [0.2, 0.25) is 11.8 Å². The first-order valence-electron chi connectivity index (χ1n) is 10.1. The topological polar surface area (TPSA) is 65.5 Å². The van der Waals surface area contributed by atoms with E-state index in [1.54, 1.807) is 18.0 Å². The van der Waals surface area contributed by atoms with Crippen molar-refractivity contribution in [1.29, 1.82) is 0 Å². The van der Waals surface area contributed by atoms with Crippen LogP contribution in [-0.4, -0.2) is 58.9 Å². The van der Waals surface area contributed by atoms with E-state index < -0.39 is 0 Å². The van der Waals surface area contributed by atoms with Crippen molar-refractivity contribution in [3.63, 3.8) is 0 Å². The first kappa shape index (κ1) is 19.8. The van der Waals surface area contributed by atoms with E-state index in [2.05, 4.69) is 21.3 Å². The lowest BCUT2D eigenvalue weighted by Gasteiger charge is -2.35. The van der Waals surface area contributed by atoms with Gasteiger partial charge in [-0.3, -0.25) is 9.59 Å². The second-order valence-corrected chi connectivity index (χ2v) is 8.66. The molecule has 2 aliphatic rings. The number of amides is 2. The summed E-state index contributed by atoms with van der Waals surface area (Å²) < 4.78 is 0. The van der Waals surface area contributed by atoms with Gasteiger partial charge in [-0.05, 0) is 36.6 Å². The number of hydrogen-bond acceptors (Lipinski definition) is 5. The number of pyridine rings is 1. The van der Waals surface area contributed by atoms with Gasteiger partial charge >= 0.3 is 0 Å². The zero-order chi connectivity index (χ0) is 20.1. The molecule has 2 aromatic rings. The van der Waals surface area contributed by atoms with Crippen molar-refractivity contribution in [2.24, 2.45) is 0 Å². The zero-order valence-corrected chi connectivity index (χ0v) is 17.2. The van der Waals surface area contributed by atoms with Gasteiger partial charge < -0.3 is 15.1 Å². The summed E-state index contributed by atoms with van der Waals surface area (Å²) in [5.74, 6) is 1.87. The number of hydrogen-bond donors (Lipinski definition) is 1. The van der Waals surface area contributed by atoms with Crippen molar-refractivity contribution in [2.45, 2.75) is 24.5 Å². The largest absolute Gasteiger partial charge is 0.353 e. The molecule has 2 amide bonds.